The van der Waals surface area contributed by atoms with Crippen molar-refractivity contribution in [3.8, 4) is 0 Å². The van der Waals surface area contributed by atoms with E-state index in [1.807, 2.05) is 27.7 Å². The molecule has 0 saturated carbocycles. The molecule has 0 aromatic carbocycles. The third kappa shape index (κ3) is 8.51. The lowest BCUT2D eigenvalue weighted by atomic mass is 9.94. The number of amides is 3. The molecule has 0 aromatic heterocycles. The van der Waals surface area contributed by atoms with Crippen LogP contribution in [0.4, 0.5) is 0 Å². The van der Waals surface area contributed by atoms with Crippen LogP contribution >= 0.6 is 12.6 Å². The van der Waals surface area contributed by atoms with Gasteiger partial charge in [-0.25, -0.2) is 4.79 Å². The molecule has 0 radical (unpaired) electrons. The van der Waals surface area contributed by atoms with Gasteiger partial charge in [-0.2, -0.15) is 12.6 Å². The monoisotopic (exact) mass is 446 g/mol. The highest BCUT2D eigenvalue weighted by atomic mass is 32.1. The van der Waals surface area contributed by atoms with E-state index in [2.05, 4.69) is 28.6 Å². The number of nitrogens with two attached hydrogens (primary N) is 1. The van der Waals surface area contributed by atoms with Crippen LogP contribution in [0.1, 0.15) is 54.4 Å². The second kappa shape index (κ2) is 13.5. The molecule has 3 amide bonds. The lowest BCUT2D eigenvalue weighted by molar-refractivity contribution is -0.142. The number of thiol groups is 1. The quantitative estimate of drug-likeness (QED) is 0.227. The predicted octanol–water partition coefficient (Wildman–Crippen LogP) is 0.531. The van der Waals surface area contributed by atoms with Gasteiger partial charge in [0.25, 0.3) is 0 Å². The molecule has 0 aliphatic carbocycles. The molecule has 9 nitrogen and oxygen atoms in total. The molecule has 0 fully saturated rings. The SMILES string of the molecule is CCC(C)C(N)C(=O)NC(C(=O)NC(C(=O)NC(CS)C(=O)O)C(C)C)C(C)CC. The Kier molecular flexibility index (Phi) is 12.7. The molecular weight excluding hydrogens is 408 g/mol. The molecule has 0 bridgehead atoms. The van der Waals surface area contributed by atoms with Gasteiger partial charge < -0.3 is 26.8 Å². The molecule has 0 aliphatic heterocycles. The average Bonchev–Trinajstić information content (AvgIpc) is 2.70. The minimum absolute atomic E-state index is 0.0472. The Morgan fingerprint density at radius 1 is 0.833 bits per heavy atom. The van der Waals surface area contributed by atoms with Crippen LogP contribution in [0.15, 0.2) is 0 Å². The highest BCUT2D eigenvalue weighted by molar-refractivity contribution is 7.80. The summed E-state index contributed by atoms with van der Waals surface area (Å²) in [6, 6.07) is -3.75. The van der Waals surface area contributed by atoms with Gasteiger partial charge in [-0.1, -0.05) is 54.4 Å². The number of hydrogen-bond donors (Lipinski definition) is 6. The summed E-state index contributed by atoms with van der Waals surface area (Å²) in [6.07, 6.45) is 1.34. The molecule has 6 N–H and O–H groups in total. The summed E-state index contributed by atoms with van der Waals surface area (Å²) in [5, 5.41) is 16.9. The largest absolute Gasteiger partial charge is 0.480 e. The van der Waals surface area contributed by atoms with E-state index >= 15 is 0 Å². The van der Waals surface area contributed by atoms with Crippen molar-refractivity contribution in [2.45, 2.75) is 78.6 Å². The summed E-state index contributed by atoms with van der Waals surface area (Å²) in [7, 11) is 0. The van der Waals surface area contributed by atoms with Gasteiger partial charge >= 0.3 is 5.97 Å². The number of carboxylic acids is 1. The molecule has 0 aromatic rings. The van der Waals surface area contributed by atoms with Crippen LogP contribution in [-0.4, -0.2) is 58.7 Å². The van der Waals surface area contributed by atoms with Crippen LogP contribution < -0.4 is 21.7 Å². The van der Waals surface area contributed by atoms with E-state index in [9.17, 15) is 19.2 Å². The summed E-state index contributed by atoms with van der Waals surface area (Å²) in [5.41, 5.74) is 5.99. The van der Waals surface area contributed by atoms with Crippen molar-refractivity contribution in [1.82, 2.24) is 16.0 Å². The van der Waals surface area contributed by atoms with Gasteiger partial charge in [0.05, 0.1) is 6.04 Å². The fourth-order valence-corrected chi connectivity index (χ4v) is 2.94. The summed E-state index contributed by atoms with van der Waals surface area (Å²) < 4.78 is 0. The molecule has 0 rings (SSSR count). The Bertz CT molecular complexity index is 602. The third-order valence-corrected chi connectivity index (χ3v) is 5.76. The van der Waals surface area contributed by atoms with E-state index in [4.69, 9.17) is 10.8 Å². The lowest BCUT2D eigenvalue weighted by Gasteiger charge is -2.29. The van der Waals surface area contributed by atoms with Crippen molar-refractivity contribution in [3.63, 3.8) is 0 Å². The number of carbonyl (C=O) groups is 4. The van der Waals surface area contributed by atoms with Gasteiger partial charge in [0.2, 0.25) is 17.7 Å². The first-order valence-corrected chi connectivity index (χ1v) is 11.0. The topological polar surface area (TPSA) is 151 Å². The standard InChI is InChI=1S/C20H38N4O5S/c1-7-11(5)14(21)17(25)24-16(12(6)8-2)19(27)23-15(10(3)4)18(26)22-13(9-30)20(28)29/h10-16,30H,7-9,21H2,1-6H3,(H,22,26)(H,23,27)(H,24,25)(H,28,29). The Labute approximate surface area is 184 Å². The van der Waals surface area contributed by atoms with Crippen LogP contribution in [-0.2, 0) is 19.2 Å². The van der Waals surface area contributed by atoms with E-state index in [-0.39, 0.29) is 23.5 Å². The first kappa shape index (κ1) is 28.2. The fourth-order valence-electron chi connectivity index (χ4n) is 2.69. The van der Waals surface area contributed by atoms with Gasteiger partial charge in [0, 0.05) is 5.75 Å². The van der Waals surface area contributed by atoms with E-state index in [1.54, 1.807) is 13.8 Å². The summed E-state index contributed by atoms with van der Waals surface area (Å²) >= 11 is 3.93. The summed E-state index contributed by atoms with van der Waals surface area (Å²) in [5.74, 6) is -3.40. The van der Waals surface area contributed by atoms with E-state index in [0.29, 0.717) is 6.42 Å². The van der Waals surface area contributed by atoms with Crippen LogP contribution in [0.2, 0.25) is 0 Å². The van der Waals surface area contributed by atoms with Gasteiger partial charge in [-0.15, -0.1) is 0 Å². The van der Waals surface area contributed by atoms with Crippen LogP contribution in [0.25, 0.3) is 0 Å². The van der Waals surface area contributed by atoms with Crippen molar-refractivity contribution in [3.05, 3.63) is 0 Å². The average molecular weight is 447 g/mol. The molecule has 6 unspecified atom stereocenters. The van der Waals surface area contributed by atoms with Crippen molar-refractivity contribution in [2.24, 2.45) is 23.5 Å². The minimum atomic E-state index is -1.21. The molecule has 0 heterocycles. The molecule has 10 heteroatoms. The Balaban J connectivity index is 5.44. The third-order valence-electron chi connectivity index (χ3n) is 5.40. The zero-order chi connectivity index (χ0) is 23.6. The van der Waals surface area contributed by atoms with Gasteiger partial charge in [0.15, 0.2) is 0 Å². The van der Waals surface area contributed by atoms with E-state index in [0.717, 1.165) is 6.42 Å². The number of carbonyl (C=O) groups excluding carboxylic acids is 3. The molecule has 6 atom stereocenters. The smallest absolute Gasteiger partial charge is 0.327 e. The maximum atomic E-state index is 13.0. The zero-order valence-electron chi connectivity index (χ0n) is 18.8. The van der Waals surface area contributed by atoms with Gasteiger partial charge in [0.1, 0.15) is 18.1 Å². The molecule has 0 aliphatic rings. The second-order valence-corrected chi connectivity index (χ2v) is 8.46. The lowest BCUT2D eigenvalue weighted by Crippen LogP contribution is -2.60. The maximum Gasteiger partial charge on any atom is 0.327 e. The predicted molar refractivity (Wildman–Crippen MR) is 119 cm³/mol. The number of rotatable bonds is 13. The molecule has 30 heavy (non-hydrogen) atoms. The minimum Gasteiger partial charge on any atom is -0.480 e. The van der Waals surface area contributed by atoms with Gasteiger partial charge in [-0.3, -0.25) is 14.4 Å². The van der Waals surface area contributed by atoms with Crippen molar-refractivity contribution in [1.29, 1.82) is 0 Å². The molecule has 0 spiro atoms. The van der Waals surface area contributed by atoms with Crippen LogP contribution in [0.5, 0.6) is 0 Å². The molecular formula is C20H38N4O5S. The molecule has 174 valence electrons. The summed E-state index contributed by atoms with van der Waals surface area (Å²) in [4.78, 5) is 49.2. The van der Waals surface area contributed by atoms with E-state index in [1.165, 1.54) is 0 Å². The van der Waals surface area contributed by atoms with Gasteiger partial charge in [-0.05, 0) is 17.8 Å². The number of carboxylic acid groups (broad SMARTS) is 1. The number of hydrogen-bond acceptors (Lipinski definition) is 6. The van der Waals surface area contributed by atoms with Crippen LogP contribution in [0.3, 0.4) is 0 Å². The highest BCUT2D eigenvalue weighted by Crippen LogP contribution is 2.12. The van der Waals surface area contributed by atoms with Crippen molar-refractivity contribution >= 4 is 36.3 Å². The van der Waals surface area contributed by atoms with Crippen LogP contribution in [0, 0.1) is 17.8 Å². The van der Waals surface area contributed by atoms with Crippen molar-refractivity contribution in [2.75, 3.05) is 5.75 Å². The second-order valence-electron chi connectivity index (χ2n) is 8.10. The van der Waals surface area contributed by atoms with Crippen molar-refractivity contribution < 1.29 is 24.3 Å². The summed E-state index contributed by atoms with van der Waals surface area (Å²) in [6.45, 7) is 11.0. The Morgan fingerprint density at radius 3 is 1.70 bits per heavy atom. The fraction of sp³-hybridized carbons (Fsp3) is 0.800. The number of nitrogens with one attached hydrogen (secondary N) is 3. The first-order valence-electron chi connectivity index (χ1n) is 10.4. The maximum absolute atomic E-state index is 13.0. The normalized spacial score (nSPS) is 17.2. The molecule has 0 saturated heterocycles. The Morgan fingerprint density at radius 2 is 1.30 bits per heavy atom. The highest BCUT2D eigenvalue weighted by Gasteiger charge is 2.33. The number of aliphatic carboxylic acids is 1. The van der Waals surface area contributed by atoms with E-state index < -0.39 is 47.9 Å². The zero-order valence-corrected chi connectivity index (χ0v) is 19.7. The Hall–Kier alpha value is -1.81. The first-order chi connectivity index (χ1) is 13.9.